The molecule has 1 aromatic rings. The minimum absolute atomic E-state index is 0.470. The molecule has 0 saturated heterocycles. The molecule has 0 aliphatic rings. The van der Waals surface area contributed by atoms with Crippen LogP contribution in [0.1, 0.15) is 18.4 Å². The minimum Gasteiger partial charge on any atom is -0.481 e. The number of carboxylic acid groups (broad SMARTS) is 1. The topological polar surface area (TPSA) is 37.3 Å². The lowest BCUT2D eigenvalue weighted by atomic mass is 10.0. The molecule has 0 saturated carbocycles. The van der Waals surface area contributed by atoms with Crippen LogP contribution < -0.4 is 0 Å². The van der Waals surface area contributed by atoms with Crippen LogP contribution in [0.4, 0.5) is 0 Å². The Labute approximate surface area is 75.8 Å². The van der Waals surface area contributed by atoms with Gasteiger partial charge in [0.1, 0.15) is 0 Å². The normalized spacial score (nSPS) is 12.5. The predicted octanol–water partition coefficient (Wildman–Crippen LogP) is 2.53. The Hall–Kier alpha value is -1.02. The van der Waals surface area contributed by atoms with E-state index >= 15 is 0 Å². The molecule has 0 amide bonds. The van der Waals surface area contributed by atoms with Crippen molar-refractivity contribution < 1.29 is 9.90 Å². The molecule has 12 heavy (non-hydrogen) atoms. The van der Waals surface area contributed by atoms with Gasteiger partial charge in [0.25, 0.3) is 0 Å². The molecule has 0 fully saturated rings. The number of hydrogen-bond acceptors (Lipinski definition) is 1. The van der Waals surface area contributed by atoms with E-state index in [0.29, 0.717) is 5.02 Å². The third-order valence-corrected chi connectivity index (χ3v) is 1.99. The van der Waals surface area contributed by atoms with Crippen molar-refractivity contribution in [3.8, 4) is 0 Å². The Morgan fingerprint density at radius 2 is 1.92 bits per heavy atom. The molecular formula is C9H9ClO2. The van der Waals surface area contributed by atoms with Crippen LogP contribution in [0.5, 0.6) is 0 Å². The van der Waals surface area contributed by atoms with Gasteiger partial charge in [0, 0.05) is 5.02 Å². The average molecular weight is 185 g/mol. The molecule has 0 unspecified atom stereocenters. The van der Waals surface area contributed by atoms with Crippen LogP contribution in [0.15, 0.2) is 24.3 Å². The molecule has 0 aromatic heterocycles. The third-order valence-electron chi connectivity index (χ3n) is 1.74. The Balaban J connectivity index is 2.89. The highest BCUT2D eigenvalue weighted by atomic mass is 35.5. The van der Waals surface area contributed by atoms with Crippen LogP contribution in [-0.2, 0) is 4.79 Å². The summed E-state index contributed by atoms with van der Waals surface area (Å²) in [6, 6.07) is 6.83. The zero-order valence-electron chi connectivity index (χ0n) is 6.62. The smallest absolute Gasteiger partial charge is 0.310 e. The lowest BCUT2D eigenvalue weighted by Gasteiger charge is -2.05. The van der Waals surface area contributed by atoms with Gasteiger partial charge in [0.05, 0.1) is 5.92 Å². The summed E-state index contributed by atoms with van der Waals surface area (Å²) in [4.78, 5) is 10.6. The molecule has 0 bridgehead atoms. The first-order chi connectivity index (χ1) is 5.61. The maximum atomic E-state index is 10.6. The van der Waals surface area contributed by atoms with E-state index in [1.54, 1.807) is 31.2 Å². The zero-order chi connectivity index (χ0) is 9.14. The second-order valence-corrected chi connectivity index (χ2v) is 3.05. The lowest BCUT2D eigenvalue weighted by Crippen LogP contribution is -2.06. The molecule has 1 N–H and O–H groups in total. The Morgan fingerprint density at radius 3 is 2.33 bits per heavy atom. The molecule has 0 heterocycles. The molecule has 1 aromatic carbocycles. The van der Waals surface area contributed by atoms with Crippen molar-refractivity contribution in [3.05, 3.63) is 34.9 Å². The van der Waals surface area contributed by atoms with Gasteiger partial charge in [0.15, 0.2) is 0 Å². The van der Waals surface area contributed by atoms with Crippen molar-refractivity contribution in [1.82, 2.24) is 0 Å². The molecule has 1 rings (SSSR count). The van der Waals surface area contributed by atoms with Crippen LogP contribution in [0.25, 0.3) is 0 Å². The summed E-state index contributed by atoms with van der Waals surface area (Å²) in [5.41, 5.74) is 0.770. The highest BCUT2D eigenvalue weighted by molar-refractivity contribution is 6.30. The SMILES string of the molecule is C[C@H](C(=O)O)c1ccc(Cl)cc1. The fraction of sp³-hybridized carbons (Fsp3) is 0.222. The molecule has 3 heteroatoms. The van der Waals surface area contributed by atoms with Crippen molar-refractivity contribution in [3.63, 3.8) is 0 Å². The van der Waals surface area contributed by atoms with E-state index in [4.69, 9.17) is 16.7 Å². The summed E-state index contributed by atoms with van der Waals surface area (Å²) in [5.74, 6) is -1.29. The number of hydrogen-bond donors (Lipinski definition) is 1. The molecular weight excluding hydrogens is 176 g/mol. The number of rotatable bonds is 2. The van der Waals surface area contributed by atoms with Crippen LogP contribution in [0.2, 0.25) is 5.02 Å². The van der Waals surface area contributed by atoms with Gasteiger partial charge in [-0.05, 0) is 24.6 Å². The fourth-order valence-electron chi connectivity index (χ4n) is 0.894. The van der Waals surface area contributed by atoms with Crippen molar-refractivity contribution in [1.29, 1.82) is 0 Å². The minimum atomic E-state index is -0.822. The maximum Gasteiger partial charge on any atom is 0.310 e. The zero-order valence-corrected chi connectivity index (χ0v) is 7.38. The number of carbonyl (C=O) groups is 1. The number of aliphatic carboxylic acids is 1. The summed E-state index contributed by atoms with van der Waals surface area (Å²) < 4.78 is 0. The van der Waals surface area contributed by atoms with Crippen molar-refractivity contribution >= 4 is 17.6 Å². The van der Waals surface area contributed by atoms with Gasteiger partial charge in [-0.25, -0.2) is 0 Å². The predicted molar refractivity (Wildman–Crippen MR) is 47.5 cm³/mol. The third kappa shape index (κ3) is 1.98. The summed E-state index contributed by atoms with van der Waals surface area (Å²) >= 11 is 5.65. The number of carboxylic acids is 1. The summed E-state index contributed by atoms with van der Waals surface area (Å²) in [6.07, 6.45) is 0. The molecule has 2 nitrogen and oxygen atoms in total. The largest absolute Gasteiger partial charge is 0.481 e. The first kappa shape index (κ1) is 9.07. The van der Waals surface area contributed by atoms with Gasteiger partial charge in [-0.3, -0.25) is 4.79 Å². The summed E-state index contributed by atoms with van der Waals surface area (Å²) in [6.45, 7) is 1.64. The Morgan fingerprint density at radius 1 is 1.42 bits per heavy atom. The Kier molecular flexibility index (Phi) is 2.71. The van der Waals surface area contributed by atoms with Gasteiger partial charge in [-0.1, -0.05) is 23.7 Å². The van der Waals surface area contributed by atoms with Crippen molar-refractivity contribution in [2.24, 2.45) is 0 Å². The molecule has 0 aliphatic heterocycles. The second-order valence-electron chi connectivity index (χ2n) is 2.61. The van der Waals surface area contributed by atoms with Gasteiger partial charge in [-0.15, -0.1) is 0 Å². The quantitative estimate of drug-likeness (QED) is 0.767. The van der Waals surface area contributed by atoms with Crippen molar-refractivity contribution in [2.45, 2.75) is 12.8 Å². The van der Waals surface area contributed by atoms with Crippen LogP contribution in [-0.4, -0.2) is 11.1 Å². The number of halogens is 1. The standard InChI is InChI=1S/C9H9ClO2/c1-6(9(11)12)7-2-4-8(10)5-3-7/h2-6H,1H3,(H,11,12)/t6-/m0/s1. The highest BCUT2D eigenvalue weighted by Crippen LogP contribution is 2.17. The molecule has 1 atom stereocenters. The molecule has 0 spiro atoms. The van der Waals surface area contributed by atoms with Gasteiger partial charge >= 0.3 is 5.97 Å². The maximum absolute atomic E-state index is 10.6. The fourth-order valence-corrected chi connectivity index (χ4v) is 1.02. The van der Waals surface area contributed by atoms with E-state index in [1.165, 1.54) is 0 Å². The first-order valence-electron chi connectivity index (χ1n) is 3.59. The lowest BCUT2D eigenvalue weighted by molar-refractivity contribution is -0.138. The van der Waals surface area contributed by atoms with Crippen LogP contribution in [0.3, 0.4) is 0 Å². The van der Waals surface area contributed by atoms with E-state index in [0.717, 1.165) is 5.56 Å². The van der Waals surface area contributed by atoms with Crippen LogP contribution >= 0.6 is 11.6 Å². The molecule has 64 valence electrons. The van der Waals surface area contributed by atoms with E-state index in [9.17, 15) is 4.79 Å². The summed E-state index contributed by atoms with van der Waals surface area (Å²) in [5, 5.41) is 9.29. The molecule has 0 aliphatic carbocycles. The average Bonchev–Trinajstić information content (AvgIpc) is 2.04. The second kappa shape index (κ2) is 3.59. The monoisotopic (exact) mass is 184 g/mol. The first-order valence-corrected chi connectivity index (χ1v) is 3.97. The highest BCUT2D eigenvalue weighted by Gasteiger charge is 2.12. The van der Waals surface area contributed by atoms with E-state index in [2.05, 4.69) is 0 Å². The van der Waals surface area contributed by atoms with E-state index in [1.807, 2.05) is 0 Å². The number of benzene rings is 1. The molecule has 0 radical (unpaired) electrons. The van der Waals surface area contributed by atoms with E-state index < -0.39 is 11.9 Å². The summed E-state index contributed by atoms with van der Waals surface area (Å²) in [7, 11) is 0. The van der Waals surface area contributed by atoms with Gasteiger partial charge < -0.3 is 5.11 Å². The van der Waals surface area contributed by atoms with Crippen molar-refractivity contribution in [2.75, 3.05) is 0 Å². The van der Waals surface area contributed by atoms with Gasteiger partial charge in [0.2, 0.25) is 0 Å². The Bertz CT molecular complexity index is 279. The van der Waals surface area contributed by atoms with E-state index in [-0.39, 0.29) is 0 Å². The van der Waals surface area contributed by atoms with Crippen LogP contribution in [0, 0.1) is 0 Å². The van der Waals surface area contributed by atoms with Gasteiger partial charge in [-0.2, -0.15) is 0 Å².